The fourth-order valence-electron chi connectivity index (χ4n) is 1.70. The summed E-state index contributed by atoms with van der Waals surface area (Å²) < 4.78 is 2.16. The number of nitrogens with zero attached hydrogens (tertiary/aromatic N) is 2. The molecule has 2 aromatic rings. The Morgan fingerprint density at radius 2 is 1.87 bits per heavy atom. The van der Waals surface area contributed by atoms with Gasteiger partial charge in [0.1, 0.15) is 5.82 Å². The number of halogens is 1. The van der Waals surface area contributed by atoms with Crippen LogP contribution in [0.3, 0.4) is 0 Å². The predicted molar refractivity (Wildman–Crippen MR) is 65.7 cm³/mol. The number of aromatic nitrogens is 2. The van der Waals surface area contributed by atoms with Crippen LogP contribution in [-0.2, 0) is 5.33 Å². The standard InChI is InChI=1S/C12H13BrN2/c1-9-3-4-10(2)15(9)12-7-11(8-13)5-6-14-12/h3-7H,8H2,1-2H3. The van der Waals surface area contributed by atoms with Crippen molar-refractivity contribution in [2.45, 2.75) is 19.2 Å². The molecule has 0 amide bonds. The van der Waals surface area contributed by atoms with Gasteiger partial charge in [-0.25, -0.2) is 4.98 Å². The van der Waals surface area contributed by atoms with Crippen LogP contribution >= 0.6 is 15.9 Å². The van der Waals surface area contributed by atoms with Crippen LogP contribution in [0, 0.1) is 13.8 Å². The summed E-state index contributed by atoms with van der Waals surface area (Å²) in [6.45, 7) is 4.19. The molecule has 2 nitrogen and oxygen atoms in total. The van der Waals surface area contributed by atoms with Crippen molar-refractivity contribution in [3.05, 3.63) is 47.4 Å². The van der Waals surface area contributed by atoms with Gasteiger partial charge in [0.15, 0.2) is 0 Å². The minimum absolute atomic E-state index is 0.863. The molecule has 0 atom stereocenters. The quantitative estimate of drug-likeness (QED) is 0.761. The van der Waals surface area contributed by atoms with Gasteiger partial charge in [-0.05, 0) is 43.7 Å². The lowest BCUT2D eigenvalue weighted by atomic mass is 10.3. The van der Waals surface area contributed by atoms with Crippen LogP contribution in [0.25, 0.3) is 5.82 Å². The molecule has 78 valence electrons. The van der Waals surface area contributed by atoms with E-state index < -0.39 is 0 Å². The highest BCUT2D eigenvalue weighted by molar-refractivity contribution is 9.08. The van der Waals surface area contributed by atoms with Crippen molar-refractivity contribution < 1.29 is 0 Å². The first-order chi connectivity index (χ1) is 7.22. The molecule has 2 rings (SSSR count). The van der Waals surface area contributed by atoms with Gasteiger partial charge in [-0.2, -0.15) is 0 Å². The number of alkyl halides is 1. The monoisotopic (exact) mass is 264 g/mol. The van der Waals surface area contributed by atoms with Crippen LogP contribution in [0.4, 0.5) is 0 Å². The van der Waals surface area contributed by atoms with E-state index >= 15 is 0 Å². The van der Waals surface area contributed by atoms with Crippen molar-refractivity contribution >= 4 is 15.9 Å². The number of hydrogen-bond acceptors (Lipinski definition) is 1. The van der Waals surface area contributed by atoms with Crippen molar-refractivity contribution in [2.75, 3.05) is 0 Å². The lowest BCUT2D eigenvalue weighted by Crippen LogP contribution is -2.01. The maximum Gasteiger partial charge on any atom is 0.137 e. The maximum absolute atomic E-state index is 4.39. The van der Waals surface area contributed by atoms with Crippen LogP contribution in [-0.4, -0.2) is 9.55 Å². The summed E-state index contributed by atoms with van der Waals surface area (Å²) in [4.78, 5) is 4.39. The zero-order valence-corrected chi connectivity index (χ0v) is 10.5. The molecule has 0 unspecified atom stereocenters. The average molecular weight is 265 g/mol. The van der Waals surface area contributed by atoms with E-state index in [9.17, 15) is 0 Å². The Balaban J connectivity index is 2.53. The van der Waals surface area contributed by atoms with E-state index in [1.54, 1.807) is 0 Å². The first-order valence-electron chi connectivity index (χ1n) is 4.88. The van der Waals surface area contributed by atoms with Crippen molar-refractivity contribution in [3.63, 3.8) is 0 Å². The Labute approximate surface area is 98.1 Å². The van der Waals surface area contributed by atoms with Crippen molar-refractivity contribution in [3.8, 4) is 5.82 Å². The lowest BCUT2D eigenvalue weighted by molar-refractivity contribution is 0.919. The molecular weight excluding hydrogens is 252 g/mol. The largest absolute Gasteiger partial charge is 0.303 e. The van der Waals surface area contributed by atoms with Gasteiger partial charge in [0.2, 0.25) is 0 Å². The number of pyridine rings is 1. The normalized spacial score (nSPS) is 10.6. The molecule has 0 saturated heterocycles. The Morgan fingerprint density at radius 1 is 1.20 bits per heavy atom. The van der Waals surface area contributed by atoms with Crippen molar-refractivity contribution in [1.29, 1.82) is 0 Å². The van der Waals surface area contributed by atoms with Crippen molar-refractivity contribution in [2.24, 2.45) is 0 Å². The summed E-state index contributed by atoms with van der Waals surface area (Å²) in [6, 6.07) is 8.34. The summed E-state index contributed by atoms with van der Waals surface area (Å²) in [5.74, 6) is 0.993. The van der Waals surface area contributed by atoms with Crippen LogP contribution in [0.1, 0.15) is 17.0 Å². The Morgan fingerprint density at radius 3 is 2.47 bits per heavy atom. The summed E-state index contributed by atoms with van der Waals surface area (Å²) in [6.07, 6.45) is 1.85. The number of aryl methyl sites for hydroxylation is 2. The molecule has 0 spiro atoms. The van der Waals surface area contributed by atoms with Crippen LogP contribution < -0.4 is 0 Å². The van der Waals surface area contributed by atoms with E-state index in [-0.39, 0.29) is 0 Å². The second kappa shape index (κ2) is 4.19. The molecule has 0 aliphatic rings. The lowest BCUT2D eigenvalue weighted by Gasteiger charge is -2.08. The summed E-state index contributed by atoms with van der Waals surface area (Å²) in [7, 11) is 0. The van der Waals surface area contributed by atoms with E-state index in [1.807, 2.05) is 12.3 Å². The van der Waals surface area contributed by atoms with E-state index in [2.05, 4.69) is 57.5 Å². The van der Waals surface area contributed by atoms with Crippen LogP contribution in [0.2, 0.25) is 0 Å². The van der Waals surface area contributed by atoms with Crippen LogP contribution in [0.5, 0.6) is 0 Å². The highest BCUT2D eigenvalue weighted by Gasteiger charge is 2.04. The molecule has 2 heterocycles. The Kier molecular flexibility index (Phi) is 2.91. The SMILES string of the molecule is Cc1ccc(C)n1-c1cc(CBr)ccn1. The number of rotatable bonds is 2. The van der Waals surface area contributed by atoms with E-state index in [1.165, 1.54) is 17.0 Å². The van der Waals surface area contributed by atoms with Gasteiger partial charge in [-0.15, -0.1) is 0 Å². The van der Waals surface area contributed by atoms with Gasteiger partial charge < -0.3 is 4.57 Å². The third-order valence-electron chi connectivity index (χ3n) is 2.46. The average Bonchev–Trinajstić information content (AvgIpc) is 2.59. The van der Waals surface area contributed by atoms with Gasteiger partial charge in [-0.1, -0.05) is 15.9 Å². The predicted octanol–water partition coefficient (Wildman–Crippen LogP) is 3.38. The molecule has 0 N–H and O–H groups in total. The van der Waals surface area contributed by atoms with Gasteiger partial charge in [0.05, 0.1) is 0 Å². The van der Waals surface area contributed by atoms with Gasteiger partial charge in [0, 0.05) is 22.9 Å². The highest BCUT2D eigenvalue weighted by atomic mass is 79.9. The summed E-state index contributed by atoms with van der Waals surface area (Å²) in [5, 5.41) is 0.863. The van der Waals surface area contributed by atoms with Gasteiger partial charge in [0.25, 0.3) is 0 Å². The third-order valence-corrected chi connectivity index (χ3v) is 3.11. The van der Waals surface area contributed by atoms with Gasteiger partial charge >= 0.3 is 0 Å². The van der Waals surface area contributed by atoms with E-state index in [0.717, 1.165) is 11.1 Å². The maximum atomic E-state index is 4.39. The fraction of sp³-hybridized carbons (Fsp3) is 0.250. The Hall–Kier alpha value is -1.09. The molecule has 3 heteroatoms. The smallest absolute Gasteiger partial charge is 0.137 e. The summed E-state index contributed by atoms with van der Waals surface area (Å²) in [5.41, 5.74) is 3.67. The minimum atomic E-state index is 0.863. The Bertz CT molecular complexity index is 455. The molecule has 0 radical (unpaired) electrons. The zero-order valence-electron chi connectivity index (χ0n) is 8.87. The molecule has 2 aromatic heterocycles. The molecule has 0 aliphatic carbocycles. The molecule has 0 bridgehead atoms. The van der Waals surface area contributed by atoms with E-state index in [0.29, 0.717) is 0 Å². The van der Waals surface area contributed by atoms with Gasteiger partial charge in [-0.3, -0.25) is 0 Å². The molecule has 0 saturated carbocycles. The third kappa shape index (κ3) is 1.97. The minimum Gasteiger partial charge on any atom is -0.303 e. The first kappa shape index (κ1) is 10.4. The van der Waals surface area contributed by atoms with E-state index in [4.69, 9.17) is 0 Å². The second-order valence-corrected chi connectivity index (χ2v) is 4.17. The molecular formula is C12H13BrN2. The molecule has 0 fully saturated rings. The second-order valence-electron chi connectivity index (χ2n) is 3.61. The summed E-state index contributed by atoms with van der Waals surface area (Å²) >= 11 is 3.45. The van der Waals surface area contributed by atoms with Crippen molar-refractivity contribution in [1.82, 2.24) is 9.55 Å². The van der Waals surface area contributed by atoms with Crippen LogP contribution in [0.15, 0.2) is 30.5 Å². The zero-order chi connectivity index (χ0) is 10.8. The molecule has 15 heavy (non-hydrogen) atoms. The fourth-order valence-corrected chi connectivity index (χ4v) is 2.04. The molecule has 0 aliphatic heterocycles. The topological polar surface area (TPSA) is 17.8 Å². The molecule has 0 aromatic carbocycles. The highest BCUT2D eigenvalue weighted by Crippen LogP contribution is 2.16. The first-order valence-corrected chi connectivity index (χ1v) is 6.00. The number of hydrogen-bond donors (Lipinski definition) is 0.